The molecule has 0 aliphatic rings. The summed E-state index contributed by atoms with van der Waals surface area (Å²) in [5.74, 6) is 2.40. The lowest BCUT2D eigenvalue weighted by molar-refractivity contribution is 0.321. The summed E-state index contributed by atoms with van der Waals surface area (Å²) >= 11 is 0. The van der Waals surface area contributed by atoms with Crippen LogP contribution in [-0.4, -0.2) is 29.0 Å². The first-order chi connectivity index (χ1) is 12.1. The number of nitrogens with zero attached hydrogens (tertiary/aromatic N) is 1. The van der Waals surface area contributed by atoms with Crippen LogP contribution in [-0.2, 0) is 0 Å². The van der Waals surface area contributed by atoms with Crippen LogP contribution in [0.2, 0.25) is 0 Å². The number of benzene rings is 2. The third-order valence-corrected chi connectivity index (χ3v) is 3.71. The molecule has 0 aliphatic carbocycles. The number of hydrogen-bond donors (Lipinski definition) is 2. The van der Waals surface area contributed by atoms with Gasteiger partial charge in [-0.15, -0.1) is 0 Å². The maximum absolute atomic E-state index is 10.3. The van der Waals surface area contributed by atoms with Crippen LogP contribution in [0.15, 0.2) is 42.5 Å². The van der Waals surface area contributed by atoms with Gasteiger partial charge >= 0.3 is 0 Å². The Balaban J connectivity index is 2.01. The highest BCUT2D eigenvalue weighted by Gasteiger charge is 2.19. The Bertz CT molecular complexity index is 874. The maximum atomic E-state index is 10.3. The Morgan fingerprint density at radius 1 is 1.12 bits per heavy atom. The molecular weight excluding hydrogens is 320 g/mol. The zero-order chi connectivity index (χ0) is 17.8. The van der Waals surface area contributed by atoms with Crippen LogP contribution in [0, 0.1) is 6.92 Å². The van der Waals surface area contributed by atoms with Gasteiger partial charge < -0.3 is 19.3 Å². The fraction of sp³-hybridized carbons (Fsp3) is 0.211. The van der Waals surface area contributed by atoms with Crippen molar-refractivity contribution in [1.82, 2.24) is 10.2 Å². The molecule has 0 bridgehead atoms. The van der Waals surface area contributed by atoms with E-state index in [4.69, 9.17) is 14.2 Å². The van der Waals surface area contributed by atoms with E-state index in [1.54, 1.807) is 19.2 Å². The van der Waals surface area contributed by atoms with Gasteiger partial charge in [-0.1, -0.05) is 12.1 Å². The number of hydrogen-bond acceptors (Lipinski definition) is 5. The van der Waals surface area contributed by atoms with Gasteiger partial charge in [0.15, 0.2) is 17.2 Å². The van der Waals surface area contributed by atoms with Gasteiger partial charge in [-0.25, -0.2) is 0 Å². The zero-order valence-electron chi connectivity index (χ0n) is 14.4. The van der Waals surface area contributed by atoms with Crippen molar-refractivity contribution in [2.24, 2.45) is 0 Å². The molecule has 0 spiro atoms. The van der Waals surface area contributed by atoms with Crippen LogP contribution in [0.1, 0.15) is 12.6 Å². The van der Waals surface area contributed by atoms with E-state index < -0.39 is 0 Å². The molecule has 0 saturated carbocycles. The van der Waals surface area contributed by atoms with Gasteiger partial charge in [-0.3, -0.25) is 5.10 Å². The number of aromatic amines is 1. The Kier molecular flexibility index (Phi) is 4.79. The summed E-state index contributed by atoms with van der Waals surface area (Å²) in [5.41, 5.74) is 1.81. The molecule has 0 atom stereocenters. The SMILES string of the molecule is CCOc1ccccc1Oc1c(-c2ccc(OC)cc2O)n[nH]c1C. The second-order valence-electron chi connectivity index (χ2n) is 5.39. The van der Waals surface area contributed by atoms with E-state index in [9.17, 15) is 5.11 Å². The lowest BCUT2D eigenvalue weighted by Crippen LogP contribution is -1.95. The van der Waals surface area contributed by atoms with Crippen molar-refractivity contribution in [2.75, 3.05) is 13.7 Å². The molecule has 0 saturated heterocycles. The third-order valence-electron chi connectivity index (χ3n) is 3.71. The molecule has 3 aromatic rings. The first kappa shape index (κ1) is 16.7. The second kappa shape index (κ2) is 7.17. The molecule has 6 heteroatoms. The number of rotatable bonds is 6. The molecule has 0 amide bonds. The van der Waals surface area contributed by atoms with E-state index in [1.807, 2.05) is 38.1 Å². The fourth-order valence-electron chi connectivity index (χ4n) is 2.48. The number of phenols is 1. The van der Waals surface area contributed by atoms with Crippen molar-refractivity contribution in [3.8, 4) is 40.0 Å². The van der Waals surface area contributed by atoms with Gasteiger partial charge in [0.05, 0.1) is 19.4 Å². The fourth-order valence-corrected chi connectivity index (χ4v) is 2.48. The monoisotopic (exact) mass is 340 g/mol. The van der Waals surface area contributed by atoms with Crippen molar-refractivity contribution in [1.29, 1.82) is 0 Å². The van der Waals surface area contributed by atoms with Crippen LogP contribution in [0.25, 0.3) is 11.3 Å². The average Bonchev–Trinajstić information content (AvgIpc) is 2.97. The van der Waals surface area contributed by atoms with Gasteiger partial charge in [0.1, 0.15) is 17.2 Å². The third kappa shape index (κ3) is 3.38. The van der Waals surface area contributed by atoms with Gasteiger partial charge in [-0.2, -0.15) is 5.10 Å². The molecule has 0 fully saturated rings. The van der Waals surface area contributed by atoms with Crippen LogP contribution in [0.5, 0.6) is 28.7 Å². The summed E-state index contributed by atoms with van der Waals surface area (Å²) < 4.78 is 16.8. The lowest BCUT2D eigenvalue weighted by Gasteiger charge is -2.12. The number of para-hydroxylation sites is 2. The number of aromatic hydroxyl groups is 1. The van der Waals surface area contributed by atoms with Crippen LogP contribution in [0.3, 0.4) is 0 Å². The van der Waals surface area contributed by atoms with E-state index >= 15 is 0 Å². The molecule has 0 aliphatic heterocycles. The summed E-state index contributed by atoms with van der Waals surface area (Å²) in [4.78, 5) is 0. The number of methoxy groups -OCH3 is 1. The summed E-state index contributed by atoms with van der Waals surface area (Å²) in [6.07, 6.45) is 0. The highest BCUT2D eigenvalue weighted by Crippen LogP contribution is 2.41. The van der Waals surface area contributed by atoms with E-state index in [-0.39, 0.29) is 5.75 Å². The number of nitrogens with one attached hydrogen (secondary N) is 1. The number of aromatic nitrogens is 2. The molecule has 1 heterocycles. The molecule has 25 heavy (non-hydrogen) atoms. The van der Waals surface area contributed by atoms with Crippen molar-refractivity contribution in [3.63, 3.8) is 0 Å². The van der Waals surface area contributed by atoms with Crippen molar-refractivity contribution in [3.05, 3.63) is 48.2 Å². The number of aryl methyl sites for hydroxylation is 1. The Morgan fingerprint density at radius 3 is 2.56 bits per heavy atom. The first-order valence-electron chi connectivity index (χ1n) is 7.96. The normalized spacial score (nSPS) is 10.5. The molecule has 2 aromatic carbocycles. The molecule has 1 aromatic heterocycles. The topological polar surface area (TPSA) is 76.6 Å². The molecule has 2 N–H and O–H groups in total. The second-order valence-corrected chi connectivity index (χ2v) is 5.39. The van der Waals surface area contributed by atoms with Gasteiger partial charge in [0.25, 0.3) is 0 Å². The predicted molar refractivity (Wildman–Crippen MR) is 94.7 cm³/mol. The van der Waals surface area contributed by atoms with E-state index in [0.717, 1.165) is 5.69 Å². The number of phenolic OH excluding ortho intramolecular Hbond substituents is 1. The maximum Gasteiger partial charge on any atom is 0.176 e. The van der Waals surface area contributed by atoms with Crippen molar-refractivity contribution < 1.29 is 19.3 Å². The quantitative estimate of drug-likeness (QED) is 0.700. The van der Waals surface area contributed by atoms with Crippen LogP contribution >= 0.6 is 0 Å². The van der Waals surface area contributed by atoms with E-state index in [1.165, 1.54) is 6.07 Å². The predicted octanol–water partition coefficient (Wildman–Crippen LogP) is 4.29. The van der Waals surface area contributed by atoms with Gasteiger partial charge in [0.2, 0.25) is 0 Å². The molecule has 0 radical (unpaired) electrons. The highest BCUT2D eigenvalue weighted by molar-refractivity contribution is 5.74. The van der Waals surface area contributed by atoms with E-state index in [0.29, 0.717) is 40.9 Å². The van der Waals surface area contributed by atoms with Crippen molar-refractivity contribution >= 4 is 0 Å². The Labute approximate surface area is 146 Å². The lowest BCUT2D eigenvalue weighted by atomic mass is 10.1. The van der Waals surface area contributed by atoms with Crippen LogP contribution < -0.4 is 14.2 Å². The smallest absolute Gasteiger partial charge is 0.176 e. The zero-order valence-corrected chi connectivity index (χ0v) is 14.4. The van der Waals surface area contributed by atoms with Gasteiger partial charge in [0, 0.05) is 11.6 Å². The van der Waals surface area contributed by atoms with E-state index in [2.05, 4.69) is 10.2 Å². The molecule has 130 valence electrons. The van der Waals surface area contributed by atoms with Crippen LogP contribution in [0.4, 0.5) is 0 Å². The molecule has 6 nitrogen and oxygen atoms in total. The molecular formula is C19H20N2O4. The summed E-state index contributed by atoms with van der Waals surface area (Å²) in [6.45, 7) is 4.31. The van der Waals surface area contributed by atoms with Crippen molar-refractivity contribution in [2.45, 2.75) is 13.8 Å². The molecule has 3 rings (SSSR count). The standard InChI is InChI=1S/C19H20N2O4/c1-4-24-16-7-5-6-8-17(16)25-19-12(2)20-21-18(19)14-10-9-13(23-3)11-15(14)22/h5-11,22H,4H2,1-3H3,(H,20,21). The minimum Gasteiger partial charge on any atom is -0.507 e. The molecule has 0 unspecified atom stereocenters. The number of ether oxygens (including phenoxy) is 3. The minimum atomic E-state index is 0.0637. The summed E-state index contributed by atoms with van der Waals surface area (Å²) in [7, 11) is 1.55. The summed E-state index contributed by atoms with van der Waals surface area (Å²) in [5, 5.41) is 17.5. The average molecular weight is 340 g/mol. The minimum absolute atomic E-state index is 0.0637. The Morgan fingerprint density at radius 2 is 1.88 bits per heavy atom. The Hall–Kier alpha value is -3.15. The number of H-pyrrole nitrogens is 1. The first-order valence-corrected chi connectivity index (χ1v) is 7.96. The largest absolute Gasteiger partial charge is 0.507 e. The summed E-state index contributed by atoms with van der Waals surface area (Å²) in [6, 6.07) is 12.5. The highest BCUT2D eigenvalue weighted by atomic mass is 16.5. The van der Waals surface area contributed by atoms with Gasteiger partial charge in [-0.05, 0) is 38.1 Å².